The van der Waals surface area contributed by atoms with Gasteiger partial charge in [-0.3, -0.25) is 0 Å². The third kappa shape index (κ3) is 6.15. The second kappa shape index (κ2) is 4.93. The van der Waals surface area contributed by atoms with E-state index in [1.807, 2.05) is 0 Å². The fourth-order valence-electron chi connectivity index (χ4n) is 0.638. The molecule has 2 nitrogen and oxygen atoms in total. The van der Waals surface area contributed by atoms with E-state index in [2.05, 4.69) is 4.74 Å². The van der Waals surface area contributed by atoms with E-state index in [-0.39, 0.29) is 11.6 Å². The molecule has 0 aliphatic heterocycles. The number of nitrogens with two attached hydrogens (primary N) is 1. The molecule has 0 amide bonds. The van der Waals surface area contributed by atoms with Gasteiger partial charge in [-0.2, -0.15) is 13.2 Å². The van der Waals surface area contributed by atoms with E-state index >= 15 is 0 Å². The summed E-state index contributed by atoms with van der Waals surface area (Å²) in [5, 5.41) is 0. The Morgan fingerprint density at radius 3 is 2.21 bits per heavy atom. The van der Waals surface area contributed by atoms with Gasteiger partial charge in [-0.25, -0.2) is 0 Å². The lowest BCUT2D eigenvalue weighted by Gasteiger charge is -2.22. The minimum atomic E-state index is -4.27. The highest BCUT2D eigenvalue weighted by atomic mass is 32.1. The lowest BCUT2D eigenvalue weighted by Crippen LogP contribution is -2.31. The van der Waals surface area contributed by atoms with Gasteiger partial charge in [0.05, 0.1) is 4.99 Å². The number of alkyl halides is 3. The average Bonchev–Trinajstić information content (AvgIpc) is 1.96. The molecule has 0 saturated heterocycles. The summed E-state index contributed by atoms with van der Waals surface area (Å²) in [6, 6.07) is 0. The average molecular weight is 229 g/mol. The second-order valence-corrected chi connectivity index (χ2v) is 4.11. The maximum Gasteiger partial charge on any atom is 0.411 e. The fraction of sp³-hybridized carbons (Fsp3) is 0.875. The van der Waals surface area contributed by atoms with Crippen molar-refractivity contribution in [3.63, 3.8) is 0 Å². The highest BCUT2D eigenvalue weighted by Gasteiger charge is 2.28. The highest BCUT2D eigenvalue weighted by molar-refractivity contribution is 7.80. The van der Waals surface area contributed by atoms with Crippen LogP contribution in [0, 0.1) is 5.41 Å². The third-order valence-electron chi connectivity index (χ3n) is 1.80. The van der Waals surface area contributed by atoms with Crippen LogP contribution in [-0.2, 0) is 4.74 Å². The Bertz CT molecular complexity index is 203. The molecule has 0 saturated carbocycles. The lowest BCUT2D eigenvalue weighted by atomic mass is 9.90. The van der Waals surface area contributed by atoms with E-state index in [0.717, 1.165) is 0 Å². The van der Waals surface area contributed by atoms with E-state index in [4.69, 9.17) is 18.0 Å². The van der Waals surface area contributed by atoms with Crippen LogP contribution in [0.1, 0.15) is 20.3 Å². The van der Waals surface area contributed by atoms with Gasteiger partial charge in [0.25, 0.3) is 0 Å². The Morgan fingerprint density at radius 1 is 1.36 bits per heavy atom. The zero-order chi connectivity index (χ0) is 11.4. The summed E-state index contributed by atoms with van der Waals surface area (Å²) >= 11 is 4.75. The minimum Gasteiger partial charge on any atom is -0.393 e. The molecule has 0 unspecified atom stereocenters. The molecule has 0 heterocycles. The number of hydrogen-bond donors (Lipinski definition) is 1. The normalized spacial score (nSPS) is 12.9. The summed E-state index contributed by atoms with van der Waals surface area (Å²) < 4.78 is 39.4. The molecule has 0 spiro atoms. The maximum atomic E-state index is 11.7. The maximum absolute atomic E-state index is 11.7. The molecule has 0 bridgehead atoms. The molecule has 0 radical (unpaired) electrons. The van der Waals surface area contributed by atoms with E-state index in [9.17, 15) is 13.2 Å². The van der Waals surface area contributed by atoms with Gasteiger partial charge in [0.15, 0.2) is 0 Å². The minimum absolute atomic E-state index is 0.00382. The molecule has 0 aromatic carbocycles. The molecule has 0 aliphatic rings. The second-order valence-electron chi connectivity index (χ2n) is 3.67. The molecule has 14 heavy (non-hydrogen) atoms. The summed E-state index contributed by atoms with van der Waals surface area (Å²) in [4.78, 5) is 0.285. The van der Waals surface area contributed by atoms with Gasteiger partial charge < -0.3 is 10.5 Å². The fourth-order valence-corrected chi connectivity index (χ4v) is 0.740. The van der Waals surface area contributed by atoms with Crippen molar-refractivity contribution in [2.24, 2.45) is 11.1 Å². The summed E-state index contributed by atoms with van der Waals surface area (Å²) in [7, 11) is 0. The van der Waals surface area contributed by atoms with E-state index < -0.39 is 18.2 Å². The number of ether oxygens (including phenoxy) is 1. The summed E-state index contributed by atoms with van der Waals surface area (Å²) in [5.74, 6) is 0. The highest BCUT2D eigenvalue weighted by Crippen LogP contribution is 2.21. The first kappa shape index (κ1) is 13.6. The van der Waals surface area contributed by atoms with Gasteiger partial charge in [-0.1, -0.05) is 26.1 Å². The van der Waals surface area contributed by atoms with Gasteiger partial charge in [0, 0.05) is 12.0 Å². The van der Waals surface area contributed by atoms with Crippen LogP contribution in [0.4, 0.5) is 13.2 Å². The first-order valence-electron chi connectivity index (χ1n) is 4.09. The van der Waals surface area contributed by atoms with Crippen LogP contribution in [-0.4, -0.2) is 24.4 Å². The topological polar surface area (TPSA) is 35.2 Å². The molecule has 0 aromatic heterocycles. The molecular weight excluding hydrogens is 215 g/mol. The lowest BCUT2D eigenvalue weighted by molar-refractivity contribution is -0.174. The van der Waals surface area contributed by atoms with Crippen LogP contribution in [0.5, 0.6) is 0 Å². The number of rotatable bonds is 5. The van der Waals surface area contributed by atoms with Crippen molar-refractivity contribution in [1.29, 1.82) is 0 Å². The molecule has 84 valence electrons. The van der Waals surface area contributed by atoms with Gasteiger partial charge in [0.2, 0.25) is 0 Å². The van der Waals surface area contributed by atoms with Crippen LogP contribution in [0.2, 0.25) is 0 Å². The first-order chi connectivity index (χ1) is 6.15. The van der Waals surface area contributed by atoms with E-state index in [1.165, 1.54) is 0 Å². The Hall–Kier alpha value is -0.360. The quantitative estimate of drug-likeness (QED) is 0.580. The monoisotopic (exact) mass is 229 g/mol. The zero-order valence-electron chi connectivity index (χ0n) is 8.15. The predicted octanol–water partition coefficient (Wildman–Crippen LogP) is 2.27. The standard InChI is InChI=1S/C8H14F3NOS/c1-7(2,6(12)14)3-4-13-5-8(9,10)11/h3-5H2,1-2H3,(H2,12,14). The van der Waals surface area contributed by atoms with Crippen LogP contribution < -0.4 is 5.73 Å². The summed E-state index contributed by atoms with van der Waals surface area (Å²) in [5.41, 5.74) is 4.93. The largest absolute Gasteiger partial charge is 0.411 e. The summed E-state index contributed by atoms with van der Waals surface area (Å²) in [6.07, 6.45) is -3.88. The molecule has 6 heteroatoms. The smallest absolute Gasteiger partial charge is 0.393 e. The van der Waals surface area contributed by atoms with E-state index in [1.54, 1.807) is 13.8 Å². The molecule has 2 N–H and O–H groups in total. The first-order valence-corrected chi connectivity index (χ1v) is 4.50. The van der Waals surface area contributed by atoms with Gasteiger partial charge in [0.1, 0.15) is 6.61 Å². The molecule has 0 atom stereocenters. The SMILES string of the molecule is CC(C)(CCOCC(F)(F)F)C(N)=S. The van der Waals surface area contributed by atoms with Crippen molar-refractivity contribution >= 4 is 17.2 Å². The zero-order valence-corrected chi connectivity index (χ0v) is 8.97. The van der Waals surface area contributed by atoms with Crippen LogP contribution in [0.3, 0.4) is 0 Å². The third-order valence-corrected chi connectivity index (χ3v) is 2.36. The van der Waals surface area contributed by atoms with Crippen molar-refractivity contribution in [1.82, 2.24) is 0 Å². The van der Waals surface area contributed by atoms with Crippen molar-refractivity contribution < 1.29 is 17.9 Å². The molecule has 0 aliphatic carbocycles. The Labute approximate surface area is 86.6 Å². The van der Waals surface area contributed by atoms with Crippen LogP contribution in [0.25, 0.3) is 0 Å². The molecule has 0 aromatic rings. The van der Waals surface area contributed by atoms with Crippen molar-refractivity contribution in [2.45, 2.75) is 26.4 Å². The van der Waals surface area contributed by atoms with Gasteiger partial charge in [-0.05, 0) is 6.42 Å². The summed E-state index contributed by atoms with van der Waals surface area (Å²) in [6.45, 7) is 2.32. The predicted molar refractivity (Wildman–Crippen MR) is 52.1 cm³/mol. The molecule has 0 rings (SSSR count). The van der Waals surface area contributed by atoms with Gasteiger partial charge >= 0.3 is 6.18 Å². The Balaban J connectivity index is 3.70. The molecule has 0 fully saturated rings. The Morgan fingerprint density at radius 2 is 1.86 bits per heavy atom. The van der Waals surface area contributed by atoms with E-state index in [0.29, 0.717) is 6.42 Å². The number of thiocarbonyl (C=S) groups is 1. The molecular formula is C8H14F3NOS. The number of hydrogen-bond acceptors (Lipinski definition) is 2. The van der Waals surface area contributed by atoms with Gasteiger partial charge in [-0.15, -0.1) is 0 Å². The van der Waals surface area contributed by atoms with Crippen LogP contribution >= 0.6 is 12.2 Å². The van der Waals surface area contributed by atoms with Crippen LogP contribution in [0.15, 0.2) is 0 Å². The Kier molecular flexibility index (Phi) is 4.80. The van der Waals surface area contributed by atoms with Crippen molar-refractivity contribution in [2.75, 3.05) is 13.2 Å². The number of halogens is 3. The van der Waals surface area contributed by atoms with Crippen molar-refractivity contribution in [3.8, 4) is 0 Å². The van der Waals surface area contributed by atoms with Crippen molar-refractivity contribution in [3.05, 3.63) is 0 Å².